The molecule has 0 aliphatic rings. The van der Waals surface area contributed by atoms with Crippen LogP contribution in [0.4, 0.5) is 0 Å². The van der Waals surface area contributed by atoms with Crippen molar-refractivity contribution >= 4 is 20.9 Å². The second kappa shape index (κ2) is 4.09. The van der Waals surface area contributed by atoms with Gasteiger partial charge >= 0.3 is 7.12 Å². The summed E-state index contributed by atoms with van der Waals surface area (Å²) < 4.78 is 5.52. The molecule has 1 aromatic carbocycles. The van der Waals surface area contributed by atoms with Gasteiger partial charge in [-0.2, -0.15) is 0 Å². The lowest BCUT2D eigenvalue weighted by molar-refractivity contribution is 0.431. The molecule has 0 saturated carbocycles. The molecule has 70 valence electrons. The number of hydrogen-bond acceptors (Lipinski definition) is 2. The maximum atomic E-state index is 9.67. The van der Waals surface area contributed by atoms with E-state index in [1.807, 2.05) is 30.3 Å². The molecular weight excluding hydrogens is 179 g/mol. The Morgan fingerprint density at radius 3 is 2.15 bits per heavy atom. The molecule has 2 nitrogen and oxygen atoms in total. The molecular formula is C9H15BO2Si. The molecule has 0 aliphatic carbocycles. The maximum absolute atomic E-state index is 9.67. The van der Waals surface area contributed by atoms with Crippen LogP contribution in [-0.4, -0.2) is 20.5 Å². The summed E-state index contributed by atoms with van der Waals surface area (Å²) in [6.07, 6.45) is 0. The zero-order valence-corrected chi connectivity index (χ0v) is 9.32. The van der Waals surface area contributed by atoms with Crippen LogP contribution in [0.2, 0.25) is 19.6 Å². The summed E-state index contributed by atoms with van der Waals surface area (Å²) in [6, 6.07) is 9.44. The van der Waals surface area contributed by atoms with Crippen molar-refractivity contribution in [1.29, 1.82) is 0 Å². The van der Waals surface area contributed by atoms with Crippen molar-refractivity contribution in [3.8, 4) is 0 Å². The number of rotatable bonds is 3. The summed E-state index contributed by atoms with van der Waals surface area (Å²) in [5, 5.41) is 9.67. The Bertz CT molecular complexity index is 258. The molecule has 1 N–H and O–H groups in total. The van der Waals surface area contributed by atoms with Crippen molar-refractivity contribution in [2.24, 2.45) is 0 Å². The lowest BCUT2D eigenvalue weighted by Gasteiger charge is -2.20. The average Bonchev–Trinajstić information content (AvgIpc) is 2.03. The smallest absolute Gasteiger partial charge is 0.450 e. The summed E-state index contributed by atoms with van der Waals surface area (Å²) in [5.41, 5.74) is 0.824. The normalized spacial score (nSPS) is 11.4. The molecule has 0 radical (unpaired) electrons. The molecule has 0 bridgehead atoms. The zero-order chi connectivity index (χ0) is 9.90. The van der Waals surface area contributed by atoms with E-state index in [9.17, 15) is 5.02 Å². The average molecular weight is 194 g/mol. The number of benzene rings is 1. The van der Waals surface area contributed by atoms with Gasteiger partial charge in [-0.1, -0.05) is 30.3 Å². The van der Waals surface area contributed by atoms with Crippen LogP contribution >= 0.6 is 0 Å². The summed E-state index contributed by atoms with van der Waals surface area (Å²) in [6.45, 7) is 6.16. The van der Waals surface area contributed by atoms with Gasteiger partial charge in [0.05, 0.1) is 0 Å². The highest BCUT2D eigenvalue weighted by Gasteiger charge is 2.24. The van der Waals surface area contributed by atoms with Crippen LogP contribution < -0.4 is 5.46 Å². The van der Waals surface area contributed by atoms with Crippen LogP contribution in [0.25, 0.3) is 0 Å². The minimum Gasteiger partial charge on any atom is -0.450 e. The van der Waals surface area contributed by atoms with Gasteiger partial charge in [-0.25, -0.2) is 0 Å². The molecule has 13 heavy (non-hydrogen) atoms. The maximum Gasteiger partial charge on any atom is 0.480 e. The molecule has 4 heteroatoms. The predicted molar refractivity (Wildman–Crippen MR) is 58.5 cm³/mol. The minimum absolute atomic E-state index is 0.770. The van der Waals surface area contributed by atoms with Gasteiger partial charge in [0, 0.05) is 0 Å². The highest BCUT2D eigenvalue weighted by atomic mass is 28.4. The Labute approximate surface area is 80.8 Å². The SMILES string of the molecule is C[Si](C)(C)OB(O)c1ccccc1. The molecule has 0 amide bonds. The Balaban J connectivity index is 2.64. The van der Waals surface area contributed by atoms with E-state index in [4.69, 9.17) is 4.34 Å². The third kappa shape index (κ3) is 3.76. The van der Waals surface area contributed by atoms with E-state index in [1.165, 1.54) is 0 Å². The molecule has 0 heterocycles. The Hall–Kier alpha value is -0.578. The highest BCUT2D eigenvalue weighted by Crippen LogP contribution is 2.03. The third-order valence-electron chi connectivity index (χ3n) is 1.55. The fourth-order valence-electron chi connectivity index (χ4n) is 1.02. The van der Waals surface area contributed by atoms with E-state index in [0.29, 0.717) is 0 Å². The fourth-order valence-corrected chi connectivity index (χ4v) is 1.83. The van der Waals surface area contributed by atoms with E-state index >= 15 is 0 Å². The Morgan fingerprint density at radius 2 is 1.69 bits per heavy atom. The van der Waals surface area contributed by atoms with Crippen LogP contribution in [0.15, 0.2) is 30.3 Å². The molecule has 1 aromatic rings. The van der Waals surface area contributed by atoms with Crippen LogP contribution in [-0.2, 0) is 4.34 Å². The molecule has 0 fully saturated rings. The van der Waals surface area contributed by atoms with Gasteiger partial charge in [0.2, 0.25) is 0 Å². The van der Waals surface area contributed by atoms with Crippen LogP contribution in [0.3, 0.4) is 0 Å². The minimum atomic E-state index is -1.65. The van der Waals surface area contributed by atoms with Crippen molar-refractivity contribution in [3.63, 3.8) is 0 Å². The van der Waals surface area contributed by atoms with Gasteiger partial charge in [-0.15, -0.1) is 0 Å². The van der Waals surface area contributed by atoms with Crippen molar-refractivity contribution in [3.05, 3.63) is 30.3 Å². The molecule has 0 unspecified atom stereocenters. The van der Waals surface area contributed by atoms with Crippen molar-refractivity contribution < 1.29 is 9.37 Å². The van der Waals surface area contributed by atoms with E-state index in [0.717, 1.165) is 5.46 Å². The molecule has 0 atom stereocenters. The molecule has 1 rings (SSSR count). The van der Waals surface area contributed by atoms with Gasteiger partial charge < -0.3 is 9.37 Å². The first-order valence-electron chi connectivity index (χ1n) is 4.40. The first-order chi connectivity index (χ1) is 5.99. The fraction of sp³-hybridized carbons (Fsp3) is 0.333. The molecule has 0 spiro atoms. The third-order valence-corrected chi connectivity index (χ3v) is 2.48. The van der Waals surface area contributed by atoms with E-state index < -0.39 is 15.4 Å². The summed E-state index contributed by atoms with van der Waals surface area (Å²) in [4.78, 5) is 0. The van der Waals surface area contributed by atoms with Crippen molar-refractivity contribution in [2.75, 3.05) is 0 Å². The molecule has 0 aromatic heterocycles. The lowest BCUT2D eigenvalue weighted by atomic mass is 9.80. The van der Waals surface area contributed by atoms with Crippen LogP contribution in [0.5, 0.6) is 0 Å². The standard InChI is InChI=1S/C9H15BO2Si/c1-13(2,3)12-10(11)9-7-5-4-6-8-9/h4-8,11H,1-3H3. The van der Waals surface area contributed by atoms with Gasteiger partial charge in [-0.3, -0.25) is 0 Å². The van der Waals surface area contributed by atoms with Crippen molar-refractivity contribution in [2.45, 2.75) is 19.6 Å². The van der Waals surface area contributed by atoms with Crippen LogP contribution in [0, 0.1) is 0 Å². The van der Waals surface area contributed by atoms with E-state index in [1.54, 1.807) is 0 Å². The first kappa shape index (κ1) is 10.5. The van der Waals surface area contributed by atoms with E-state index in [2.05, 4.69) is 19.6 Å². The monoisotopic (exact) mass is 194 g/mol. The lowest BCUT2D eigenvalue weighted by Crippen LogP contribution is -2.42. The van der Waals surface area contributed by atoms with Gasteiger partial charge in [0.25, 0.3) is 0 Å². The quantitative estimate of drug-likeness (QED) is 0.733. The second-order valence-electron chi connectivity index (χ2n) is 3.99. The summed E-state index contributed by atoms with van der Waals surface area (Å²) >= 11 is 0. The van der Waals surface area contributed by atoms with Crippen molar-refractivity contribution in [1.82, 2.24) is 0 Å². The largest absolute Gasteiger partial charge is 0.480 e. The summed E-state index contributed by atoms with van der Waals surface area (Å²) in [5.74, 6) is 0. The first-order valence-corrected chi connectivity index (χ1v) is 7.81. The van der Waals surface area contributed by atoms with Gasteiger partial charge in [0.15, 0.2) is 8.32 Å². The molecule has 0 aliphatic heterocycles. The highest BCUT2D eigenvalue weighted by molar-refractivity contribution is 6.79. The number of hydrogen-bond donors (Lipinski definition) is 1. The summed E-state index contributed by atoms with van der Waals surface area (Å²) in [7, 11) is -2.42. The Morgan fingerprint density at radius 1 is 1.15 bits per heavy atom. The van der Waals surface area contributed by atoms with Gasteiger partial charge in [0.1, 0.15) is 0 Å². The molecule has 0 saturated heterocycles. The van der Waals surface area contributed by atoms with Crippen LogP contribution in [0.1, 0.15) is 0 Å². The zero-order valence-electron chi connectivity index (χ0n) is 8.32. The van der Waals surface area contributed by atoms with E-state index in [-0.39, 0.29) is 0 Å². The van der Waals surface area contributed by atoms with Gasteiger partial charge in [-0.05, 0) is 25.1 Å². The Kier molecular flexibility index (Phi) is 3.30. The topological polar surface area (TPSA) is 29.5 Å². The predicted octanol–water partition coefficient (Wildman–Crippen LogP) is 1.23. The second-order valence-corrected chi connectivity index (χ2v) is 8.45.